The average molecular weight is 437 g/mol. The highest BCUT2D eigenvalue weighted by Crippen LogP contribution is 2.31. The number of piperidine rings is 1. The van der Waals surface area contributed by atoms with Crippen molar-refractivity contribution in [1.82, 2.24) is 14.4 Å². The number of fused-ring (bicyclic) bond motifs is 1. The Morgan fingerprint density at radius 3 is 2.58 bits per heavy atom. The van der Waals surface area contributed by atoms with Gasteiger partial charge in [-0.3, -0.25) is 0 Å². The van der Waals surface area contributed by atoms with Crippen molar-refractivity contribution >= 4 is 20.8 Å². The number of benzene rings is 3. The van der Waals surface area contributed by atoms with E-state index in [1.807, 2.05) is 30.3 Å². The predicted octanol–water partition coefficient (Wildman–Crippen LogP) is 4.60. The van der Waals surface area contributed by atoms with Gasteiger partial charge < -0.3 is 4.52 Å². The Labute approximate surface area is 179 Å². The van der Waals surface area contributed by atoms with Crippen LogP contribution in [0.25, 0.3) is 22.2 Å². The van der Waals surface area contributed by atoms with Gasteiger partial charge in [-0.05, 0) is 60.0 Å². The van der Waals surface area contributed by atoms with Crippen LogP contribution in [-0.4, -0.2) is 36.0 Å². The second-order valence-corrected chi connectivity index (χ2v) is 9.61. The van der Waals surface area contributed by atoms with E-state index in [0.29, 0.717) is 30.2 Å². The van der Waals surface area contributed by atoms with E-state index in [2.05, 4.69) is 10.1 Å². The summed E-state index contributed by atoms with van der Waals surface area (Å²) in [7, 11) is -3.64. The fourth-order valence-electron chi connectivity index (χ4n) is 3.96. The Morgan fingerprint density at radius 2 is 1.77 bits per heavy atom. The second-order valence-electron chi connectivity index (χ2n) is 7.67. The molecule has 2 heterocycles. The van der Waals surface area contributed by atoms with Crippen molar-refractivity contribution in [3.8, 4) is 11.4 Å². The number of aromatic nitrogens is 2. The Kier molecular flexibility index (Phi) is 5.03. The molecule has 0 amide bonds. The van der Waals surface area contributed by atoms with Gasteiger partial charge in [0.05, 0.1) is 10.8 Å². The lowest BCUT2D eigenvalue weighted by Gasteiger charge is -2.30. The molecule has 0 saturated carbocycles. The van der Waals surface area contributed by atoms with Gasteiger partial charge >= 0.3 is 0 Å². The van der Waals surface area contributed by atoms with E-state index in [4.69, 9.17) is 4.52 Å². The van der Waals surface area contributed by atoms with Gasteiger partial charge in [-0.25, -0.2) is 12.8 Å². The van der Waals surface area contributed by atoms with Crippen molar-refractivity contribution in [3.05, 3.63) is 78.4 Å². The fourth-order valence-corrected chi connectivity index (χ4v) is 5.52. The first-order valence-corrected chi connectivity index (χ1v) is 11.5. The second kappa shape index (κ2) is 7.86. The van der Waals surface area contributed by atoms with Crippen LogP contribution in [0.15, 0.2) is 76.1 Å². The van der Waals surface area contributed by atoms with Gasteiger partial charge in [-0.1, -0.05) is 35.5 Å². The normalized spacial score (nSPS) is 17.8. The molecule has 0 spiro atoms. The Morgan fingerprint density at radius 1 is 1.00 bits per heavy atom. The van der Waals surface area contributed by atoms with E-state index < -0.39 is 10.0 Å². The zero-order chi connectivity index (χ0) is 21.4. The van der Waals surface area contributed by atoms with E-state index >= 15 is 0 Å². The van der Waals surface area contributed by atoms with E-state index in [-0.39, 0.29) is 23.2 Å². The number of hydrogen-bond donors (Lipinski definition) is 0. The molecule has 8 heteroatoms. The van der Waals surface area contributed by atoms with Gasteiger partial charge in [0.1, 0.15) is 5.82 Å². The molecule has 1 saturated heterocycles. The van der Waals surface area contributed by atoms with Crippen molar-refractivity contribution < 1.29 is 17.3 Å². The summed E-state index contributed by atoms with van der Waals surface area (Å²) in [6.45, 7) is 0.727. The number of sulfonamides is 1. The fraction of sp³-hybridized carbons (Fsp3) is 0.217. The molecule has 6 nitrogen and oxygen atoms in total. The molecule has 0 radical (unpaired) electrons. The largest absolute Gasteiger partial charge is 0.339 e. The summed E-state index contributed by atoms with van der Waals surface area (Å²) in [6.07, 6.45) is 1.46. The summed E-state index contributed by atoms with van der Waals surface area (Å²) in [4.78, 5) is 4.72. The maximum absolute atomic E-state index is 13.3. The van der Waals surface area contributed by atoms with Gasteiger partial charge in [0.2, 0.25) is 21.7 Å². The lowest BCUT2D eigenvalue weighted by Crippen LogP contribution is -2.39. The summed E-state index contributed by atoms with van der Waals surface area (Å²) in [5, 5.41) is 5.88. The highest BCUT2D eigenvalue weighted by Gasteiger charge is 2.33. The van der Waals surface area contributed by atoms with Crippen molar-refractivity contribution in [2.45, 2.75) is 23.7 Å². The zero-order valence-corrected chi connectivity index (χ0v) is 17.4. The van der Waals surface area contributed by atoms with Crippen molar-refractivity contribution in [1.29, 1.82) is 0 Å². The molecule has 1 aliphatic heterocycles. The van der Waals surface area contributed by atoms with Gasteiger partial charge in [-0.15, -0.1) is 0 Å². The van der Waals surface area contributed by atoms with Crippen LogP contribution < -0.4 is 0 Å². The monoisotopic (exact) mass is 437 g/mol. The van der Waals surface area contributed by atoms with E-state index in [9.17, 15) is 12.8 Å². The minimum Gasteiger partial charge on any atom is -0.339 e. The number of nitrogens with zero attached hydrogens (tertiary/aromatic N) is 3. The predicted molar refractivity (Wildman–Crippen MR) is 114 cm³/mol. The molecule has 3 aromatic carbocycles. The maximum Gasteiger partial charge on any atom is 0.243 e. The van der Waals surface area contributed by atoms with Crippen molar-refractivity contribution in [3.63, 3.8) is 0 Å². The summed E-state index contributed by atoms with van der Waals surface area (Å²) in [5.41, 5.74) is 0.646. The van der Waals surface area contributed by atoms with Crippen molar-refractivity contribution in [2.24, 2.45) is 0 Å². The average Bonchev–Trinajstić information content (AvgIpc) is 3.30. The standard InChI is InChI=1S/C23H20FN3O3S/c24-20-10-7-17(8-11-20)22-25-23(30-26-22)19-6-3-13-27(15-19)31(28,29)21-12-9-16-4-1-2-5-18(16)14-21/h1-2,4-5,7-12,14,19H,3,6,13,15H2. The molecule has 158 valence electrons. The molecule has 1 aromatic heterocycles. The van der Waals surface area contributed by atoms with E-state index in [1.165, 1.54) is 16.4 Å². The van der Waals surface area contributed by atoms with Crippen LogP contribution in [-0.2, 0) is 10.0 Å². The molecule has 1 atom stereocenters. The minimum absolute atomic E-state index is 0.189. The summed E-state index contributed by atoms with van der Waals surface area (Å²) >= 11 is 0. The first-order chi connectivity index (χ1) is 15.0. The van der Waals surface area contributed by atoms with Gasteiger partial charge in [0.25, 0.3) is 0 Å². The Bertz CT molecular complexity index is 1340. The molecule has 0 N–H and O–H groups in total. The molecular weight excluding hydrogens is 417 g/mol. The first-order valence-electron chi connectivity index (χ1n) is 10.1. The SMILES string of the molecule is O=S(=O)(c1ccc2ccccc2c1)N1CCCC(c2nc(-c3ccc(F)cc3)no2)C1. The summed E-state index contributed by atoms with van der Waals surface area (Å²) in [5.74, 6) is 0.238. The van der Waals surface area contributed by atoms with Crippen LogP contribution in [0, 0.1) is 5.82 Å². The third-order valence-electron chi connectivity index (χ3n) is 5.64. The van der Waals surface area contributed by atoms with Gasteiger partial charge in [0.15, 0.2) is 0 Å². The van der Waals surface area contributed by atoms with Gasteiger partial charge in [-0.2, -0.15) is 9.29 Å². The number of hydrogen-bond acceptors (Lipinski definition) is 5. The highest BCUT2D eigenvalue weighted by atomic mass is 32.2. The van der Waals surface area contributed by atoms with Crippen LogP contribution in [0.3, 0.4) is 0 Å². The third-order valence-corrected chi connectivity index (χ3v) is 7.50. The molecule has 0 aliphatic carbocycles. The Hall–Kier alpha value is -3.10. The van der Waals surface area contributed by atoms with Crippen LogP contribution in [0.5, 0.6) is 0 Å². The summed E-state index contributed by atoms with van der Waals surface area (Å²) in [6, 6.07) is 18.7. The zero-order valence-electron chi connectivity index (χ0n) is 16.6. The molecule has 31 heavy (non-hydrogen) atoms. The molecule has 5 rings (SSSR count). The van der Waals surface area contributed by atoms with Crippen molar-refractivity contribution in [2.75, 3.05) is 13.1 Å². The summed E-state index contributed by atoms with van der Waals surface area (Å²) < 4.78 is 46.7. The number of rotatable bonds is 4. The van der Waals surface area contributed by atoms with Gasteiger partial charge in [0, 0.05) is 18.7 Å². The van der Waals surface area contributed by atoms with Crippen LogP contribution in [0.2, 0.25) is 0 Å². The smallest absolute Gasteiger partial charge is 0.243 e. The molecule has 1 fully saturated rings. The van der Waals surface area contributed by atoms with E-state index in [0.717, 1.165) is 17.2 Å². The molecule has 1 aliphatic rings. The van der Waals surface area contributed by atoms with Crippen LogP contribution >= 0.6 is 0 Å². The lowest BCUT2D eigenvalue weighted by molar-refractivity contribution is 0.265. The van der Waals surface area contributed by atoms with Crippen LogP contribution in [0.4, 0.5) is 4.39 Å². The molecule has 4 aromatic rings. The third kappa shape index (κ3) is 3.84. The number of halogens is 1. The minimum atomic E-state index is -3.64. The highest BCUT2D eigenvalue weighted by molar-refractivity contribution is 7.89. The molecule has 0 bridgehead atoms. The maximum atomic E-state index is 13.3. The first kappa shape index (κ1) is 19.8. The topological polar surface area (TPSA) is 76.3 Å². The quantitative estimate of drug-likeness (QED) is 0.466. The lowest BCUT2D eigenvalue weighted by atomic mass is 10.00. The van der Waals surface area contributed by atoms with E-state index in [1.54, 1.807) is 24.3 Å². The molecular formula is C23H20FN3O3S. The molecule has 1 unspecified atom stereocenters. The Balaban J connectivity index is 1.39. The van der Waals surface area contributed by atoms with Crippen LogP contribution in [0.1, 0.15) is 24.7 Å².